The van der Waals surface area contributed by atoms with Gasteiger partial charge in [0.05, 0.1) is 22.6 Å². The van der Waals surface area contributed by atoms with E-state index in [9.17, 15) is 19.3 Å². The second-order valence-electron chi connectivity index (χ2n) is 4.74. The highest BCUT2D eigenvalue weighted by atomic mass is 79.9. The molecule has 1 aromatic carbocycles. The molecule has 1 N–H and O–H groups in total. The van der Waals surface area contributed by atoms with Crippen LogP contribution in [0.15, 0.2) is 16.6 Å². The number of rotatable bonds is 6. The highest BCUT2D eigenvalue weighted by Crippen LogP contribution is 2.33. The van der Waals surface area contributed by atoms with Crippen molar-refractivity contribution in [1.29, 1.82) is 0 Å². The first-order valence-corrected chi connectivity index (χ1v) is 7.04. The molecule has 8 heteroatoms. The standard InChI is InChI=1S/C13H16BrFN2O4/c1-4-5-13(2,12(18)21-3)16-10-6-8(14)9(15)7-11(10)17(19)20/h6-7,16H,4-5H2,1-3H3. The van der Waals surface area contributed by atoms with Crippen molar-refractivity contribution in [2.45, 2.75) is 32.2 Å². The van der Waals surface area contributed by atoms with Gasteiger partial charge in [0.15, 0.2) is 0 Å². The molecule has 6 nitrogen and oxygen atoms in total. The molecule has 1 atom stereocenters. The molecule has 116 valence electrons. The number of benzene rings is 1. The third-order valence-electron chi connectivity index (χ3n) is 3.03. The Morgan fingerprint density at radius 2 is 2.19 bits per heavy atom. The van der Waals surface area contributed by atoms with Crippen LogP contribution < -0.4 is 5.32 Å². The van der Waals surface area contributed by atoms with Gasteiger partial charge in [0.2, 0.25) is 0 Å². The summed E-state index contributed by atoms with van der Waals surface area (Å²) in [7, 11) is 1.24. The predicted octanol–water partition coefficient (Wildman–Crippen LogP) is 3.64. The molecule has 0 radical (unpaired) electrons. The molecule has 0 spiro atoms. The number of nitro benzene ring substituents is 1. The van der Waals surface area contributed by atoms with Crippen LogP contribution in [0, 0.1) is 15.9 Å². The molecule has 0 aromatic heterocycles. The molecular weight excluding hydrogens is 347 g/mol. The summed E-state index contributed by atoms with van der Waals surface area (Å²) in [5.74, 6) is -1.29. The number of halogens is 2. The molecule has 0 aliphatic rings. The summed E-state index contributed by atoms with van der Waals surface area (Å²) in [4.78, 5) is 22.2. The molecule has 1 unspecified atom stereocenters. The van der Waals surface area contributed by atoms with Crippen LogP contribution in [0.1, 0.15) is 26.7 Å². The summed E-state index contributed by atoms with van der Waals surface area (Å²) < 4.78 is 18.3. The van der Waals surface area contributed by atoms with Crippen LogP contribution in [0.2, 0.25) is 0 Å². The lowest BCUT2D eigenvalue weighted by Gasteiger charge is -2.28. The third kappa shape index (κ3) is 3.90. The van der Waals surface area contributed by atoms with E-state index in [1.165, 1.54) is 13.2 Å². The van der Waals surface area contributed by atoms with Crippen molar-refractivity contribution in [2.75, 3.05) is 12.4 Å². The fraction of sp³-hybridized carbons (Fsp3) is 0.462. The van der Waals surface area contributed by atoms with Crippen molar-refractivity contribution in [1.82, 2.24) is 0 Å². The van der Waals surface area contributed by atoms with Gasteiger partial charge in [0, 0.05) is 0 Å². The Morgan fingerprint density at radius 1 is 1.57 bits per heavy atom. The van der Waals surface area contributed by atoms with E-state index in [4.69, 9.17) is 4.74 Å². The Morgan fingerprint density at radius 3 is 2.67 bits per heavy atom. The molecule has 1 rings (SSSR count). The topological polar surface area (TPSA) is 81.5 Å². The van der Waals surface area contributed by atoms with E-state index in [1.54, 1.807) is 6.92 Å². The SMILES string of the molecule is CCCC(C)(Nc1cc(Br)c(F)cc1[N+](=O)[O-])C(=O)OC. The van der Waals surface area contributed by atoms with Crippen LogP contribution in [0.5, 0.6) is 0 Å². The van der Waals surface area contributed by atoms with Crippen LogP contribution in [-0.2, 0) is 9.53 Å². The maximum atomic E-state index is 13.5. The number of nitrogens with one attached hydrogen (secondary N) is 1. The van der Waals surface area contributed by atoms with Gasteiger partial charge in [-0.2, -0.15) is 0 Å². The lowest BCUT2D eigenvalue weighted by atomic mass is 9.95. The second-order valence-corrected chi connectivity index (χ2v) is 5.59. The maximum Gasteiger partial charge on any atom is 0.331 e. The summed E-state index contributed by atoms with van der Waals surface area (Å²) >= 11 is 2.98. The van der Waals surface area contributed by atoms with Crippen molar-refractivity contribution in [3.05, 3.63) is 32.5 Å². The predicted molar refractivity (Wildman–Crippen MR) is 79.7 cm³/mol. The minimum atomic E-state index is -1.13. The summed E-state index contributed by atoms with van der Waals surface area (Å²) in [6, 6.07) is 2.04. The van der Waals surface area contributed by atoms with Crippen LogP contribution in [0.25, 0.3) is 0 Å². The van der Waals surface area contributed by atoms with E-state index in [0.29, 0.717) is 12.8 Å². The smallest absolute Gasteiger partial charge is 0.331 e. The fourth-order valence-corrected chi connectivity index (χ4v) is 2.37. The molecule has 0 saturated heterocycles. The summed E-state index contributed by atoms with van der Waals surface area (Å²) in [6.07, 6.45) is 1.07. The number of nitro groups is 1. The number of esters is 1. The summed E-state index contributed by atoms with van der Waals surface area (Å²) in [5.41, 5.74) is -1.53. The van der Waals surface area contributed by atoms with Crippen LogP contribution in [0.3, 0.4) is 0 Å². The molecule has 1 aromatic rings. The van der Waals surface area contributed by atoms with Crippen molar-refractivity contribution in [3.63, 3.8) is 0 Å². The average Bonchev–Trinajstić information content (AvgIpc) is 2.41. The highest BCUT2D eigenvalue weighted by molar-refractivity contribution is 9.10. The number of nitrogens with zero attached hydrogens (tertiary/aromatic N) is 1. The van der Waals surface area contributed by atoms with Gasteiger partial charge in [-0.05, 0) is 35.3 Å². The fourth-order valence-electron chi connectivity index (χ4n) is 2.03. The van der Waals surface area contributed by atoms with E-state index >= 15 is 0 Å². The molecular formula is C13H16BrFN2O4. The molecule has 0 amide bonds. The maximum absolute atomic E-state index is 13.5. The van der Waals surface area contributed by atoms with Gasteiger partial charge in [-0.1, -0.05) is 13.3 Å². The first-order valence-electron chi connectivity index (χ1n) is 6.25. The number of hydrogen-bond donors (Lipinski definition) is 1. The van der Waals surface area contributed by atoms with E-state index in [0.717, 1.165) is 6.07 Å². The minimum absolute atomic E-state index is 0.0506. The molecule has 0 heterocycles. The monoisotopic (exact) mass is 362 g/mol. The number of anilines is 1. The first kappa shape index (κ1) is 17.4. The summed E-state index contributed by atoms with van der Waals surface area (Å²) in [5, 5.41) is 13.8. The number of carbonyl (C=O) groups excluding carboxylic acids is 1. The van der Waals surface area contributed by atoms with Gasteiger partial charge in [-0.15, -0.1) is 0 Å². The number of carbonyl (C=O) groups is 1. The van der Waals surface area contributed by atoms with Crippen LogP contribution in [0.4, 0.5) is 15.8 Å². The molecule has 0 fully saturated rings. The summed E-state index contributed by atoms with van der Waals surface area (Å²) in [6.45, 7) is 3.46. The van der Waals surface area contributed by atoms with Crippen LogP contribution >= 0.6 is 15.9 Å². The van der Waals surface area contributed by atoms with E-state index < -0.39 is 27.9 Å². The molecule has 21 heavy (non-hydrogen) atoms. The van der Waals surface area contributed by atoms with E-state index in [-0.39, 0.29) is 10.2 Å². The zero-order chi connectivity index (χ0) is 16.2. The van der Waals surface area contributed by atoms with Gasteiger partial charge in [-0.3, -0.25) is 10.1 Å². The van der Waals surface area contributed by atoms with E-state index in [2.05, 4.69) is 21.2 Å². The van der Waals surface area contributed by atoms with Crippen molar-refractivity contribution in [3.8, 4) is 0 Å². The second kappa shape index (κ2) is 6.84. The lowest BCUT2D eigenvalue weighted by Crippen LogP contribution is -2.44. The zero-order valence-corrected chi connectivity index (χ0v) is 13.5. The van der Waals surface area contributed by atoms with E-state index in [1.807, 2.05) is 6.92 Å². The molecule has 0 aliphatic carbocycles. The normalized spacial score (nSPS) is 13.4. The largest absolute Gasteiger partial charge is 0.467 e. The van der Waals surface area contributed by atoms with Crippen molar-refractivity contribution >= 4 is 33.3 Å². The quantitative estimate of drug-likeness (QED) is 0.474. The Balaban J connectivity index is 3.29. The molecule has 0 aliphatic heterocycles. The lowest BCUT2D eigenvalue weighted by molar-refractivity contribution is -0.384. The van der Waals surface area contributed by atoms with Gasteiger partial charge < -0.3 is 10.1 Å². The van der Waals surface area contributed by atoms with Crippen LogP contribution in [-0.4, -0.2) is 23.5 Å². The number of ether oxygens (including phenoxy) is 1. The van der Waals surface area contributed by atoms with Gasteiger partial charge in [0.25, 0.3) is 5.69 Å². The first-order chi connectivity index (χ1) is 9.75. The Hall–Kier alpha value is -1.70. The highest BCUT2D eigenvalue weighted by Gasteiger charge is 2.35. The van der Waals surface area contributed by atoms with Gasteiger partial charge >= 0.3 is 5.97 Å². The van der Waals surface area contributed by atoms with Gasteiger partial charge in [-0.25, -0.2) is 9.18 Å². The minimum Gasteiger partial charge on any atom is -0.467 e. The average molecular weight is 363 g/mol. The molecule has 0 saturated carbocycles. The molecule has 0 bridgehead atoms. The zero-order valence-electron chi connectivity index (χ0n) is 11.9. The number of hydrogen-bond acceptors (Lipinski definition) is 5. The third-order valence-corrected chi connectivity index (χ3v) is 3.64. The van der Waals surface area contributed by atoms with Gasteiger partial charge in [0.1, 0.15) is 17.0 Å². The Labute approximate surface area is 129 Å². The Kier molecular flexibility index (Phi) is 5.65. The Bertz CT molecular complexity index is 567. The van der Waals surface area contributed by atoms with Crippen molar-refractivity contribution in [2.24, 2.45) is 0 Å². The number of methoxy groups -OCH3 is 1. The van der Waals surface area contributed by atoms with Crippen molar-refractivity contribution < 1.29 is 18.8 Å².